The molecule has 1 unspecified atom stereocenters. The Balaban J connectivity index is 1.80. The largest absolute Gasteiger partial charge is 0.497 e. The van der Waals surface area contributed by atoms with Gasteiger partial charge in [-0.3, -0.25) is 0 Å². The van der Waals surface area contributed by atoms with Crippen LogP contribution in [0.4, 0.5) is 0 Å². The van der Waals surface area contributed by atoms with Crippen LogP contribution in [0.3, 0.4) is 0 Å². The molecule has 0 radical (unpaired) electrons. The topological polar surface area (TPSA) is 30.5 Å². The third-order valence-electron chi connectivity index (χ3n) is 3.85. The molecular weight excluding hydrogens is 238 g/mol. The fourth-order valence-electron chi connectivity index (χ4n) is 2.71. The number of methoxy groups -OCH3 is 2. The van der Waals surface area contributed by atoms with Crippen LogP contribution in [0.2, 0.25) is 0 Å². The first-order chi connectivity index (χ1) is 9.33. The smallest absolute Gasteiger partial charge is 0.119 e. The molecular formula is C16H25NO2. The molecule has 1 aromatic rings. The highest BCUT2D eigenvalue weighted by molar-refractivity contribution is 5.37. The maximum absolute atomic E-state index is 5.31. The Morgan fingerprint density at radius 2 is 2.11 bits per heavy atom. The summed E-state index contributed by atoms with van der Waals surface area (Å²) in [5, 5.41) is 3.66. The summed E-state index contributed by atoms with van der Waals surface area (Å²) in [7, 11) is 3.50. The summed E-state index contributed by atoms with van der Waals surface area (Å²) < 4.78 is 10.4. The zero-order valence-electron chi connectivity index (χ0n) is 12.1. The van der Waals surface area contributed by atoms with Crippen LogP contribution in [0.5, 0.6) is 5.75 Å². The lowest BCUT2D eigenvalue weighted by Gasteiger charge is -2.26. The average Bonchev–Trinajstić information content (AvgIpc) is 2.46. The van der Waals surface area contributed by atoms with Gasteiger partial charge in [-0.1, -0.05) is 6.07 Å². The molecule has 3 heteroatoms. The van der Waals surface area contributed by atoms with Gasteiger partial charge >= 0.3 is 0 Å². The number of hydrogen-bond donors (Lipinski definition) is 1. The summed E-state index contributed by atoms with van der Waals surface area (Å²) in [5.74, 6) is 0.972. The van der Waals surface area contributed by atoms with Crippen LogP contribution in [0, 0.1) is 0 Å². The minimum atomic E-state index is 0.613. The van der Waals surface area contributed by atoms with E-state index in [9.17, 15) is 0 Å². The number of hydrogen-bond acceptors (Lipinski definition) is 3. The molecule has 0 spiro atoms. The molecule has 0 amide bonds. The zero-order chi connectivity index (χ0) is 13.5. The Morgan fingerprint density at radius 3 is 2.89 bits per heavy atom. The van der Waals surface area contributed by atoms with E-state index in [1.807, 2.05) is 0 Å². The van der Waals surface area contributed by atoms with Crippen LogP contribution < -0.4 is 10.1 Å². The molecule has 3 nitrogen and oxygen atoms in total. The molecule has 1 atom stereocenters. The van der Waals surface area contributed by atoms with Crippen LogP contribution in [0.25, 0.3) is 0 Å². The van der Waals surface area contributed by atoms with Gasteiger partial charge < -0.3 is 14.8 Å². The second-order valence-corrected chi connectivity index (χ2v) is 5.23. The lowest BCUT2D eigenvalue weighted by Crippen LogP contribution is -2.35. The van der Waals surface area contributed by atoms with Gasteiger partial charge in [0.1, 0.15) is 5.75 Å². The summed E-state index contributed by atoms with van der Waals surface area (Å²) in [6, 6.07) is 7.08. The van der Waals surface area contributed by atoms with E-state index in [4.69, 9.17) is 9.47 Å². The third kappa shape index (κ3) is 4.22. The highest BCUT2D eigenvalue weighted by atomic mass is 16.5. The van der Waals surface area contributed by atoms with Crippen molar-refractivity contribution < 1.29 is 9.47 Å². The van der Waals surface area contributed by atoms with Gasteiger partial charge in [-0.05, 0) is 61.9 Å². The number of ether oxygens (including phenoxy) is 2. The predicted molar refractivity (Wildman–Crippen MR) is 77.9 cm³/mol. The van der Waals surface area contributed by atoms with Crippen molar-refractivity contribution in [2.24, 2.45) is 0 Å². The summed E-state index contributed by atoms with van der Waals surface area (Å²) in [4.78, 5) is 0. The van der Waals surface area contributed by atoms with Gasteiger partial charge in [-0.2, -0.15) is 0 Å². The zero-order valence-corrected chi connectivity index (χ0v) is 12.1. The van der Waals surface area contributed by atoms with Crippen molar-refractivity contribution in [3.05, 3.63) is 29.3 Å². The van der Waals surface area contributed by atoms with Gasteiger partial charge in [-0.25, -0.2) is 0 Å². The minimum absolute atomic E-state index is 0.613. The van der Waals surface area contributed by atoms with Gasteiger partial charge in [0.25, 0.3) is 0 Å². The fraction of sp³-hybridized carbons (Fsp3) is 0.625. The van der Waals surface area contributed by atoms with E-state index in [1.54, 1.807) is 14.2 Å². The Hall–Kier alpha value is -1.06. The molecule has 0 fully saturated rings. The maximum atomic E-state index is 5.31. The van der Waals surface area contributed by atoms with Crippen molar-refractivity contribution >= 4 is 0 Å². The molecule has 2 rings (SSSR count). The van der Waals surface area contributed by atoms with E-state index in [1.165, 1.54) is 30.4 Å². The highest BCUT2D eigenvalue weighted by Crippen LogP contribution is 2.25. The number of nitrogens with one attached hydrogen (secondary N) is 1. The van der Waals surface area contributed by atoms with Crippen LogP contribution in [-0.2, 0) is 17.6 Å². The maximum Gasteiger partial charge on any atom is 0.119 e. The molecule has 0 aliphatic heterocycles. The van der Waals surface area contributed by atoms with E-state index < -0.39 is 0 Å². The lowest BCUT2D eigenvalue weighted by atomic mass is 9.88. The molecule has 0 bridgehead atoms. The number of aryl methyl sites for hydroxylation is 1. The van der Waals surface area contributed by atoms with Gasteiger partial charge in [0.2, 0.25) is 0 Å². The monoisotopic (exact) mass is 263 g/mol. The molecule has 106 valence electrons. The van der Waals surface area contributed by atoms with E-state index in [0.29, 0.717) is 6.04 Å². The average molecular weight is 263 g/mol. The molecule has 1 aliphatic rings. The van der Waals surface area contributed by atoms with Crippen molar-refractivity contribution in [1.82, 2.24) is 5.32 Å². The van der Waals surface area contributed by atoms with E-state index in [-0.39, 0.29) is 0 Å². The molecule has 1 aliphatic carbocycles. The first-order valence-corrected chi connectivity index (χ1v) is 7.21. The highest BCUT2D eigenvalue weighted by Gasteiger charge is 2.18. The quantitative estimate of drug-likeness (QED) is 0.767. The van der Waals surface area contributed by atoms with Crippen molar-refractivity contribution in [1.29, 1.82) is 0 Å². The Morgan fingerprint density at radius 1 is 1.21 bits per heavy atom. The van der Waals surface area contributed by atoms with E-state index in [0.717, 1.165) is 31.7 Å². The lowest BCUT2D eigenvalue weighted by molar-refractivity contribution is 0.192. The van der Waals surface area contributed by atoms with Crippen molar-refractivity contribution in [2.75, 3.05) is 27.4 Å². The van der Waals surface area contributed by atoms with E-state index >= 15 is 0 Å². The van der Waals surface area contributed by atoms with Crippen molar-refractivity contribution in [3.63, 3.8) is 0 Å². The number of fused-ring (bicyclic) bond motifs is 1. The Bertz CT molecular complexity index is 392. The summed E-state index contributed by atoms with van der Waals surface area (Å²) >= 11 is 0. The minimum Gasteiger partial charge on any atom is -0.497 e. The molecule has 0 saturated carbocycles. The van der Waals surface area contributed by atoms with Gasteiger partial charge in [-0.15, -0.1) is 0 Å². The summed E-state index contributed by atoms with van der Waals surface area (Å²) in [6.07, 6.45) is 5.87. The molecule has 1 aromatic carbocycles. The molecule has 0 saturated heterocycles. The van der Waals surface area contributed by atoms with E-state index in [2.05, 4.69) is 23.5 Å². The number of rotatable bonds is 7. The standard InChI is InChI=1S/C16H25NO2/c1-18-10-4-3-9-17-15-7-5-13-6-8-16(19-2)12-14(13)11-15/h6,8,12,15,17H,3-5,7,9-11H2,1-2H3. The SMILES string of the molecule is COCCCCNC1CCc2ccc(OC)cc2C1. The first-order valence-electron chi connectivity index (χ1n) is 7.21. The first kappa shape index (κ1) is 14.4. The van der Waals surface area contributed by atoms with Gasteiger partial charge in [0, 0.05) is 19.8 Å². The normalized spacial score (nSPS) is 18.1. The third-order valence-corrected chi connectivity index (χ3v) is 3.85. The molecule has 0 aromatic heterocycles. The van der Waals surface area contributed by atoms with Crippen LogP contribution in [-0.4, -0.2) is 33.4 Å². The second kappa shape index (κ2) is 7.51. The molecule has 1 N–H and O–H groups in total. The van der Waals surface area contributed by atoms with Crippen molar-refractivity contribution in [3.8, 4) is 5.75 Å². The number of benzene rings is 1. The molecule has 0 heterocycles. The van der Waals surface area contributed by atoms with Crippen LogP contribution >= 0.6 is 0 Å². The Kier molecular flexibility index (Phi) is 5.67. The summed E-state index contributed by atoms with van der Waals surface area (Å²) in [6.45, 7) is 1.96. The van der Waals surface area contributed by atoms with Gasteiger partial charge in [0.15, 0.2) is 0 Å². The Labute approximate surface area is 116 Å². The van der Waals surface area contributed by atoms with Gasteiger partial charge in [0.05, 0.1) is 7.11 Å². The van der Waals surface area contributed by atoms with Crippen LogP contribution in [0.15, 0.2) is 18.2 Å². The predicted octanol–water partition coefficient (Wildman–Crippen LogP) is 2.57. The fourth-order valence-corrected chi connectivity index (χ4v) is 2.71. The molecule has 19 heavy (non-hydrogen) atoms. The second-order valence-electron chi connectivity index (χ2n) is 5.23. The van der Waals surface area contributed by atoms with Crippen molar-refractivity contribution in [2.45, 2.75) is 38.1 Å². The van der Waals surface area contributed by atoms with Crippen LogP contribution in [0.1, 0.15) is 30.4 Å². The number of unbranched alkanes of at least 4 members (excludes halogenated alkanes) is 1. The summed E-state index contributed by atoms with van der Waals surface area (Å²) in [5.41, 5.74) is 2.93.